The molecule has 0 saturated heterocycles. The minimum Gasteiger partial charge on any atom is -0.431 e. The fraction of sp³-hybridized carbons (Fsp3) is 0.222. The van der Waals surface area contributed by atoms with Crippen LogP contribution in [0.5, 0.6) is 0 Å². The number of rotatable bonds is 3. The predicted molar refractivity (Wildman–Crippen MR) is 91.8 cm³/mol. The molecule has 1 amide bonds. The van der Waals surface area contributed by atoms with E-state index in [0.717, 1.165) is 29.8 Å². The molecule has 1 atom stereocenters. The fourth-order valence-electron chi connectivity index (χ4n) is 2.89. The molecule has 5 heteroatoms. The summed E-state index contributed by atoms with van der Waals surface area (Å²) in [5, 5.41) is 0.300. The molecule has 4 rings (SSSR count). The summed E-state index contributed by atoms with van der Waals surface area (Å²) >= 11 is 1.37. The summed E-state index contributed by atoms with van der Waals surface area (Å²) in [5.74, 6) is 0.0993. The zero-order chi connectivity index (χ0) is 15.8. The maximum Gasteiger partial charge on any atom is 0.257 e. The molecule has 0 spiro atoms. The van der Waals surface area contributed by atoms with Crippen molar-refractivity contribution in [2.75, 3.05) is 11.4 Å². The summed E-state index contributed by atoms with van der Waals surface area (Å²) < 4.78 is 5.70. The average Bonchev–Trinajstić information content (AvgIpc) is 3.17. The van der Waals surface area contributed by atoms with Gasteiger partial charge >= 0.3 is 0 Å². The first-order valence-corrected chi connectivity index (χ1v) is 8.52. The van der Waals surface area contributed by atoms with E-state index in [4.69, 9.17) is 4.42 Å². The van der Waals surface area contributed by atoms with Gasteiger partial charge in [0.2, 0.25) is 5.91 Å². The molecule has 0 N–H and O–H groups in total. The molecule has 4 nitrogen and oxygen atoms in total. The van der Waals surface area contributed by atoms with Gasteiger partial charge in [0.1, 0.15) is 5.52 Å². The lowest BCUT2D eigenvalue weighted by Gasteiger charge is -2.20. The number of aromatic nitrogens is 1. The van der Waals surface area contributed by atoms with Gasteiger partial charge in [-0.3, -0.25) is 4.79 Å². The number of oxazole rings is 1. The van der Waals surface area contributed by atoms with Crippen LogP contribution in [-0.2, 0) is 11.2 Å². The third-order valence-corrected chi connectivity index (χ3v) is 4.98. The standard InChI is InChI=1S/C18H16N2O2S/c1-12(23-18-19-14-7-3-5-9-16(14)22-18)17(21)20-11-10-13-6-2-4-8-15(13)20/h2-9,12H,10-11H2,1H3/t12-/m1/s1. The quantitative estimate of drug-likeness (QED) is 0.686. The number of amides is 1. The van der Waals surface area contributed by atoms with E-state index in [-0.39, 0.29) is 11.2 Å². The van der Waals surface area contributed by atoms with Gasteiger partial charge in [0.25, 0.3) is 5.22 Å². The summed E-state index contributed by atoms with van der Waals surface area (Å²) in [4.78, 5) is 19.1. The number of thioether (sulfide) groups is 1. The number of anilines is 1. The molecule has 0 bridgehead atoms. The van der Waals surface area contributed by atoms with E-state index in [2.05, 4.69) is 11.1 Å². The second kappa shape index (κ2) is 5.74. The van der Waals surface area contributed by atoms with Crippen LogP contribution >= 0.6 is 11.8 Å². The van der Waals surface area contributed by atoms with Crippen LogP contribution in [0.4, 0.5) is 5.69 Å². The highest BCUT2D eigenvalue weighted by molar-refractivity contribution is 8.00. The number of fused-ring (bicyclic) bond motifs is 2. The largest absolute Gasteiger partial charge is 0.431 e. The van der Waals surface area contributed by atoms with Gasteiger partial charge in [-0.15, -0.1) is 0 Å². The minimum absolute atomic E-state index is 0.0993. The number of carbonyl (C=O) groups excluding carboxylic acids is 1. The summed E-state index contributed by atoms with van der Waals surface area (Å²) in [5.41, 5.74) is 3.84. The van der Waals surface area contributed by atoms with Crippen LogP contribution in [0.1, 0.15) is 12.5 Å². The van der Waals surface area contributed by atoms with Crippen LogP contribution in [0.3, 0.4) is 0 Å². The number of carbonyl (C=O) groups is 1. The van der Waals surface area contributed by atoms with Crippen molar-refractivity contribution in [1.82, 2.24) is 4.98 Å². The molecule has 1 aliphatic heterocycles. The minimum atomic E-state index is -0.241. The first kappa shape index (κ1) is 14.3. The van der Waals surface area contributed by atoms with Gasteiger partial charge in [-0.05, 0) is 37.1 Å². The number of hydrogen-bond donors (Lipinski definition) is 0. The molecule has 2 heterocycles. The molecular formula is C18H16N2O2S. The highest BCUT2D eigenvalue weighted by Crippen LogP contribution is 2.32. The molecule has 1 aromatic heterocycles. The lowest BCUT2D eigenvalue weighted by molar-refractivity contribution is -0.117. The van der Waals surface area contributed by atoms with Crippen molar-refractivity contribution in [3.05, 3.63) is 54.1 Å². The Morgan fingerprint density at radius 3 is 2.87 bits per heavy atom. The number of para-hydroxylation sites is 3. The maximum atomic E-state index is 12.8. The first-order valence-electron chi connectivity index (χ1n) is 7.64. The zero-order valence-corrected chi connectivity index (χ0v) is 13.5. The zero-order valence-electron chi connectivity index (χ0n) is 12.7. The third-order valence-electron chi connectivity index (χ3n) is 4.05. The maximum absolute atomic E-state index is 12.8. The van der Waals surface area contributed by atoms with Crippen molar-refractivity contribution in [2.45, 2.75) is 23.8 Å². The summed E-state index contributed by atoms with van der Waals surface area (Å²) in [7, 11) is 0. The number of hydrogen-bond acceptors (Lipinski definition) is 4. The summed E-state index contributed by atoms with van der Waals surface area (Å²) in [6.45, 7) is 2.65. The molecule has 0 aliphatic carbocycles. The lowest BCUT2D eigenvalue weighted by Crippen LogP contribution is -2.35. The average molecular weight is 324 g/mol. The van der Waals surface area contributed by atoms with Gasteiger partial charge in [-0.25, -0.2) is 4.98 Å². The number of nitrogens with zero attached hydrogens (tertiary/aromatic N) is 2. The van der Waals surface area contributed by atoms with E-state index in [1.165, 1.54) is 17.3 Å². The SMILES string of the molecule is C[C@@H](Sc1nc2ccccc2o1)C(=O)N1CCc2ccccc21. The molecule has 0 unspecified atom stereocenters. The van der Waals surface area contributed by atoms with Crippen LogP contribution in [-0.4, -0.2) is 22.7 Å². The highest BCUT2D eigenvalue weighted by atomic mass is 32.2. The second-order valence-corrected chi connectivity index (χ2v) is 6.87. The van der Waals surface area contributed by atoms with Crippen LogP contribution in [0.25, 0.3) is 11.1 Å². The predicted octanol–water partition coefficient (Wildman–Crippen LogP) is 3.90. The Hall–Kier alpha value is -2.27. The Labute approximate surface area is 138 Å². The molecule has 23 heavy (non-hydrogen) atoms. The number of benzene rings is 2. The van der Waals surface area contributed by atoms with Gasteiger partial charge in [0, 0.05) is 12.2 Å². The normalized spacial score (nSPS) is 14.9. The van der Waals surface area contributed by atoms with Crippen LogP contribution in [0.15, 0.2) is 58.2 Å². The smallest absolute Gasteiger partial charge is 0.257 e. The summed E-state index contributed by atoms with van der Waals surface area (Å²) in [6.07, 6.45) is 0.919. The fourth-order valence-corrected chi connectivity index (χ4v) is 3.71. The molecule has 1 aliphatic rings. The van der Waals surface area contributed by atoms with Gasteiger partial charge in [0.15, 0.2) is 5.58 Å². The van der Waals surface area contributed by atoms with Crippen molar-refractivity contribution >= 4 is 34.5 Å². The summed E-state index contributed by atoms with van der Waals surface area (Å²) in [6, 6.07) is 15.7. The van der Waals surface area contributed by atoms with Gasteiger partial charge in [-0.1, -0.05) is 42.1 Å². The van der Waals surface area contributed by atoms with Gasteiger partial charge in [0.05, 0.1) is 5.25 Å². The van der Waals surface area contributed by atoms with Crippen molar-refractivity contribution in [3.8, 4) is 0 Å². The Morgan fingerprint density at radius 2 is 2.00 bits per heavy atom. The molecule has 0 fully saturated rings. The van der Waals surface area contributed by atoms with Crippen molar-refractivity contribution in [3.63, 3.8) is 0 Å². The Bertz CT molecular complexity index is 841. The second-order valence-electron chi connectivity index (χ2n) is 5.58. The van der Waals surface area contributed by atoms with E-state index in [1.807, 2.05) is 54.3 Å². The van der Waals surface area contributed by atoms with E-state index < -0.39 is 0 Å². The van der Waals surface area contributed by atoms with E-state index in [1.54, 1.807) is 0 Å². The Kier molecular flexibility index (Phi) is 3.58. The van der Waals surface area contributed by atoms with Gasteiger partial charge in [-0.2, -0.15) is 0 Å². The highest BCUT2D eigenvalue weighted by Gasteiger charge is 2.29. The van der Waals surface area contributed by atoms with Gasteiger partial charge < -0.3 is 9.32 Å². The van der Waals surface area contributed by atoms with Crippen molar-refractivity contribution in [2.24, 2.45) is 0 Å². The molecule has 2 aromatic carbocycles. The van der Waals surface area contributed by atoms with Crippen molar-refractivity contribution in [1.29, 1.82) is 0 Å². The topological polar surface area (TPSA) is 46.3 Å². The lowest BCUT2D eigenvalue weighted by atomic mass is 10.2. The van der Waals surface area contributed by atoms with E-state index in [0.29, 0.717) is 5.22 Å². The Balaban J connectivity index is 1.53. The van der Waals surface area contributed by atoms with Crippen LogP contribution < -0.4 is 4.90 Å². The first-order chi connectivity index (χ1) is 11.2. The molecule has 0 saturated carbocycles. The van der Waals surface area contributed by atoms with E-state index in [9.17, 15) is 4.79 Å². The third kappa shape index (κ3) is 2.61. The molecule has 0 radical (unpaired) electrons. The van der Waals surface area contributed by atoms with Crippen molar-refractivity contribution < 1.29 is 9.21 Å². The van der Waals surface area contributed by atoms with Crippen LogP contribution in [0.2, 0.25) is 0 Å². The molecular weight excluding hydrogens is 308 g/mol. The molecule has 3 aromatic rings. The van der Waals surface area contributed by atoms with Crippen LogP contribution in [0, 0.1) is 0 Å². The molecule has 116 valence electrons. The monoisotopic (exact) mass is 324 g/mol. The Morgan fingerprint density at radius 1 is 1.22 bits per heavy atom. The van der Waals surface area contributed by atoms with E-state index >= 15 is 0 Å².